The molecule has 45 heavy (non-hydrogen) atoms. The maximum atomic E-state index is 11.8. The van der Waals surface area contributed by atoms with Crippen molar-refractivity contribution in [1.29, 1.82) is 0 Å². The van der Waals surface area contributed by atoms with E-state index in [2.05, 4.69) is 0 Å². The molecule has 2 rings (SSSR count). The van der Waals surface area contributed by atoms with E-state index in [1.807, 2.05) is 20.8 Å². The SMILES string of the molecule is CCCCOCC(COc1c(Cl)cc(C(C)(C)c2cc(Cl)c(OCC(CCl)OC(=O)CN)c(Cl)c2)cc1Cl)OC(=O)CN.[Cl-].[Cl-]. The molecule has 0 bridgehead atoms. The Kier molecular flexibility index (Phi) is 21.2. The molecule has 0 aliphatic heterocycles. The Morgan fingerprint density at radius 2 is 1.16 bits per heavy atom. The maximum Gasteiger partial charge on any atom is 0.320 e. The first-order chi connectivity index (χ1) is 20.4. The van der Waals surface area contributed by atoms with Gasteiger partial charge in [0.05, 0.1) is 45.7 Å². The van der Waals surface area contributed by atoms with Crippen LogP contribution in [0.4, 0.5) is 0 Å². The average molecular weight is 774 g/mol. The van der Waals surface area contributed by atoms with Gasteiger partial charge in [-0.1, -0.05) is 73.6 Å². The lowest BCUT2D eigenvalue weighted by molar-refractivity contribution is -0.152. The lowest BCUT2D eigenvalue weighted by Gasteiger charge is -2.28. The van der Waals surface area contributed by atoms with E-state index in [1.165, 1.54) is 0 Å². The molecule has 9 nitrogen and oxygen atoms in total. The fourth-order valence-corrected chi connectivity index (χ4v) is 5.14. The van der Waals surface area contributed by atoms with Crippen molar-refractivity contribution in [2.75, 3.05) is 45.4 Å². The van der Waals surface area contributed by atoms with Crippen LogP contribution in [0.25, 0.3) is 0 Å². The zero-order valence-electron chi connectivity index (χ0n) is 25.0. The number of hydrogen-bond donors (Lipinski definition) is 2. The summed E-state index contributed by atoms with van der Waals surface area (Å²) in [5.74, 6) is -0.743. The van der Waals surface area contributed by atoms with E-state index in [1.54, 1.807) is 24.3 Å². The van der Waals surface area contributed by atoms with E-state index in [-0.39, 0.29) is 95.2 Å². The van der Waals surface area contributed by atoms with Crippen molar-refractivity contribution in [2.45, 2.75) is 51.2 Å². The number of hydrogen-bond acceptors (Lipinski definition) is 9. The molecule has 0 radical (unpaired) electrons. The summed E-state index contributed by atoms with van der Waals surface area (Å²) in [7, 11) is 0. The fourth-order valence-electron chi connectivity index (χ4n) is 3.79. The van der Waals surface area contributed by atoms with Crippen LogP contribution in [0.2, 0.25) is 20.1 Å². The Morgan fingerprint density at radius 3 is 1.53 bits per heavy atom. The highest BCUT2D eigenvalue weighted by Gasteiger charge is 2.28. The summed E-state index contributed by atoms with van der Waals surface area (Å²) in [6, 6.07) is 6.88. The predicted octanol–water partition coefficient (Wildman–Crippen LogP) is 0.188. The molecule has 0 saturated carbocycles. The van der Waals surface area contributed by atoms with E-state index in [0.717, 1.165) is 24.0 Å². The number of carbonyl (C=O) groups excluding carboxylic acids is 2. The number of ether oxygens (including phenoxy) is 5. The smallest absolute Gasteiger partial charge is 0.320 e. The number of unbranched alkanes of at least 4 members (excludes halogenated alkanes) is 1. The molecule has 0 aliphatic rings. The average Bonchev–Trinajstić information content (AvgIpc) is 2.96. The zero-order valence-corrected chi connectivity index (χ0v) is 30.3. The van der Waals surface area contributed by atoms with Gasteiger partial charge in [0.2, 0.25) is 0 Å². The third-order valence-corrected chi connectivity index (χ3v) is 7.78. The highest BCUT2D eigenvalue weighted by atomic mass is 35.5. The minimum absolute atomic E-state index is 0. The van der Waals surface area contributed by atoms with Crippen LogP contribution >= 0.6 is 58.0 Å². The molecule has 2 aromatic carbocycles. The molecule has 0 heterocycles. The first-order valence-electron chi connectivity index (χ1n) is 13.5. The number of carbonyl (C=O) groups is 2. The molecule has 16 heteroatoms. The Hall–Kier alpha value is -1.11. The van der Waals surface area contributed by atoms with Gasteiger partial charge in [-0.3, -0.25) is 9.59 Å². The summed E-state index contributed by atoms with van der Waals surface area (Å²) < 4.78 is 27.7. The van der Waals surface area contributed by atoms with Crippen molar-refractivity contribution in [1.82, 2.24) is 0 Å². The Labute approximate surface area is 301 Å². The Morgan fingerprint density at radius 1 is 0.756 bits per heavy atom. The summed E-state index contributed by atoms with van der Waals surface area (Å²) in [6.45, 7) is 5.95. The molecule has 0 amide bonds. The first kappa shape index (κ1) is 43.9. The van der Waals surface area contributed by atoms with Crippen molar-refractivity contribution in [2.24, 2.45) is 11.5 Å². The van der Waals surface area contributed by atoms with Gasteiger partial charge in [-0.05, 0) is 41.8 Å². The largest absolute Gasteiger partial charge is 1.00 e. The topological polar surface area (TPSA) is 132 Å². The second-order valence-electron chi connectivity index (χ2n) is 10.00. The van der Waals surface area contributed by atoms with E-state index in [4.69, 9.17) is 93.2 Å². The number of alkyl halides is 1. The molecule has 4 N–H and O–H groups in total. The molecule has 0 saturated heterocycles. The van der Waals surface area contributed by atoms with Gasteiger partial charge in [0.25, 0.3) is 0 Å². The van der Waals surface area contributed by atoms with Crippen LogP contribution in [0.1, 0.15) is 44.7 Å². The molecule has 256 valence electrons. The van der Waals surface area contributed by atoms with Gasteiger partial charge in [-0.15, -0.1) is 11.6 Å². The van der Waals surface area contributed by atoms with Gasteiger partial charge in [-0.25, -0.2) is 0 Å². The zero-order chi connectivity index (χ0) is 32.2. The van der Waals surface area contributed by atoms with Gasteiger partial charge < -0.3 is 60.0 Å². The summed E-state index contributed by atoms with van der Waals surface area (Å²) in [4.78, 5) is 23.3. The van der Waals surface area contributed by atoms with Gasteiger partial charge in [0.1, 0.15) is 19.3 Å². The molecule has 0 spiro atoms. The highest BCUT2D eigenvalue weighted by molar-refractivity contribution is 6.38. The summed E-state index contributed by atoms with van der Waals surface area (Å²) in [5.41, 5.74) is 11.5. The number of halogens is 7. The van der Waals surface area contributed by atoms with Crippen LogP contribution in [-0.4, -0.2) is 69.5 Å². The van der Waals surface area contributed by atoms with Gasteiger partial charge in [0.15, 0.2) is 17.6 Å². The Bertz CT molecular complexity index is 1190. The van der Waals surface area contributed by atoms with Crippen molar-refractivity contribution in [3.63, 3.8) is 0 Å². The summed E-state index contributed by atoms with van der Waals surface area (Å²) >= 11 is 32.2. The van der Waals surface area contributed by atoms with Crippen molar-refractivity contribution >= 4 is 69.9 Å². The van der Waals surface area contributed by atoms with Crippen LogP contribution in [0.15, 0.2) is 24.3 Å². The van der Waals surface area contributed by atoms with Gasteiger partial charge in [0, 0.05) is 12.0 Å². The molecule has 2 aromatic rings. The second-order valence-corrected chi connectivity index (χ2v) is 11.9. The van der Waals surface area contributed by atoms with E-state index < -0.39 is 29.6 Å². The quantitative estimate of drug-likeness (QED) is 0.124. The maximum absolute atomic E-state index is 11.8. The third kappa shape index (κ3) is 13.5. The molecular weight excluding hydrogens is 736 g/mol. The van der Waals surface area contributed by atoms with Crippen LogP contribution in [0.5, 0.6) is 11.5 Å². The van der Waals surface area contributed by atoms with Crippen LogP contribution in [0.3, 0.4) is 0 Å². The minimum atomic E-state index is -0.734. The van der Waals surface area contributed by atoms with Crippen molar-refractivity contribution < 1.29 is 58.1 Å². The fraction of sp³-hybridized carbons (Fsp3) is 0.517. The number of benzene rings is 2. The van der Waals surface area contributed by atoms with Crippen LogP contribution in [0, 0.1) is 0 Å². The number of esters is 2. The predicted molar refractivity (Wildman–Crippen MR) is 170 cm³/mol. The normalized spacial score (nSPS) is 12.3. The molecule has 0 aromatic heterocycles. The first-order valence-corrected chi connectivity index (χ1v) is 15.6. The van der Waals surface area contributed by atoms with E-state index >= 15 is 0 Å². The molecule has 2 atom stereocenters. The molecule has 0 fully saturated rings. The summed E-state index contributed by atoms with van der Waals surface area (Å²) in [5, 5.41) is 0.987. The van der Waals surface area contributed by atoms with Crippen LogP contribution in [-0.2, 0) is 29.2 Å². The van der Waals surface area contributed by atoms with Crippen LogP contribution < -0.4 is 45.8 Å². The molecular formula is C29H37Cl7N2O7-2. The lowest BCUT2D eigenvalue weighted by Crippen LogP contribution is -3.00. The third-order valence-electron chi connectivity index (χ3n) is 6.31. The molecule has 2 unspecified atom stereocenters. The van der Waals surface area contributed by atoms with E-state index in [9.17, 15) is 9.59 Å². The van der Waals surface area contributed by atoms with Gasteiger partial charge >= 0.3 is 11.9 Å². The highest BCUT2D eigenvalue weighted by Crippen LogP contribution is 2.44. The molecule has 0 aliphatic carbocycles. The monoisotopic (exact) mass is 770 g/mol. The Balaban J connectivity index is 0.00000968. The number of nitrogens with two attached hydrogens (primary N) is 2. The number of rotatable bonds is 18. The second kappa shape index (κ2) is 21.7. The standard InChI is InChI=1S/C29H37Cl5N2O7.2ClH/c1-4-5-6-39-14-20(43-26(38)13-36)16-41-28-23(33)9-18(10-24(28)34)29(2,3)17-7-21(31)27(22(32)8-17)40-15-19(11-30)42-25(37)12-35;;/h7-10,19-20H,4-6,11-16,35-36H2,1-3H3;2*1H/p-2. The van der Waals surface area contributed by atoms with Crippen molar-refractivity contribution in [3.05, 3.63) is 55.5 Å². The van der Waals surface area contributed by atoms with E-state index in [0.29, 0.717) is 6.61 Å². The minimum Gasteiger partial charge on any atom is -1.00 e. The summed E-state index contributed by atoms with van der Waals surface area (Å²) in [6.07, 6.45) is 0.411. The van der Waals surface area contributed by atoms with Gasteiger partial charge in [-0.2, -0.15) is 0 Å². The van der Waals surface area contributed by atoms with Crippen molar-refractivity contribution in [3.8, 4) is 11.5 Å². The lowest BCUT2D eigenvalue weighted by atomic mass is 9.78.